The summed E-state index contributed by atoms with van der Waals surface area (Å²) in [5.41, 5.74) is 6.56. The van der Waals surface area contributed by atoms with Crippen LogP contribution in [-0.2, 0) is 0 Å². The molecule has 2 aromatic rings. The average molecular weight is 211 g/mol. The highest BCUT2D eigenvalue weighted by Crippen LogP contribution is 2.25. The summed E-state index contributed by atoms with van der Waals surface area (Å²) >= 11 is 0. The number of hydrogen-bond acceptors (Lipinski definition) is 2. The molecule has 0 amide bonds. The van der Waals surface area contributed by atoms with Gasteiger partial charge in [-0.05, 0) is 19.1 Å². The molecule has 2 rings (SSSR count). The Hall–Kier alpha value is -1.49. The number of rotatable bonds is 2. The largest absolute Gasteiger partial charge is 0.322 e. The SMILES string of the molecule is C[C@@H](N)c1nc2ccccc2n1C(F)F. The summed E-state index contributed by atoms with van der Waals surface area (Å²) in [7, 11) is 0. The first-order valence-corrected chi connectivity index (χ1v) is 4.62. The lowest BCUT2D eigenvalue weighted by Crippen LogP contribution is -2.14. The molecule has 1 heterocycles. The van der Waals surface area contributed by atoms with E-state index in [1.54, 1.807) is 31.2 Å². The Morgan fingerprint density at radius 1 is 1.33 bits per heavy atom. The summed E-state index contributed by atoms with van der Waals surface area (Å²) in [4.78, 5) is 4.09. The average Bonchev–Trinajstić information content (AvgIpc) is 2.56. The smallest absolute Gasteiger partial charge is 0.320 e. The van der Waals surface area contributed by atoms with E-state index in [2.05, 4.69) is 4.98 Å². The van der Waals surface area contributed by atoms with Crippen LogP contribution in [-0.4, -0.2) is 9.55 Å². The minimum Gasteiger partial charge on any atom is -0.322 e. The maximum absolute atomic E-state index is 12.8. The summed E-state index contributed by atoms with van der Waals surface area (Å²) in [6.45, 7) is -0.974. The van der Waals surface area contributed by atoms with Crippen molar-refractivity contribution in [1.82, 2.24) is 9.55 Å². The predicted molar refractivity (Wildman–Crippen MR) is 53.6 cm³/mol. The van der Waals surface area contributed by atoms with Crippen LogP contribution < -0.4 is 5.73 Å². The highest BCUT2D eigenvalue weighted by atomic mass is 19.3. The van der Waals surface area contributed by atoms with Crippen LogP contribution in [0.5, 0.6) is 0 Å². The molecule has 0 aliphatic heterocycles. The summed E-state index contributed by atoms with van der Waals surface area (Å²) in [5.74, 6) is 0.214. The molecular weight excluding hydrogens is 200 g/mol. The van der Waals surface area contributed by atoms with Crippen LogP contribution in [0.2, 0.25) is 0 Å². The van der Waals surface area contributed by atoms with E-state index < -0.39 is 12.6 Å². The molecule has 1 aromatic heterocycles. The van der Waals surface area contributed by atoms with Gasteiger partial charge in [-0.1, -0.05) is 12.1 Å². The van der Waals surface area contributed by atoms with E-state index >= 15 is 0 Å². The second-order valence-electron chi connectivity index (χ2n) is 3.40. The van der Waals surface area contributed by atoms with E-state index in [4.69, 9.17) is 5.73 Å². The Bertz CT molecular complexity index is 476. The molecular formula is C10H11F2N3. The molecule has 0 fully saturated rings. The second-order valence-corrected chi connectivity index (χ2v) is 3.40. The van der Waals surface area contributed by atoms with Gasteiger partial charge >= 0.3 is 6.55 Å². The lowest BCUT2D eigenvalue weighted by Gasteiger charge is -2.09. The normalized spacial score (nSPS) is 13.7. The molecule has 15 heavy (non-hydrogen) atoms. The van der Waals surface area contributed by atoms with Crippen molar-refractivity contribution in [2.24, 2.45) is 5.73 Å². The van der Waals surface area contributed by atoms with Gasteiger partial charge in [0.1, 0.15) is 5.82 Å². The van der Waals surface area contributed by atoms with Crippen molar-refractivity contribution in [1.29, 1.82) is 0 Å². The van der Waals surface area contributed by atoms with Crippen molar-refractivity contribution in [3.63, 3.8) is 0 Å². The monoisotopic (exact) mass is 211 g/mol. The molecule has 0 aliphatic carbocycles. The molecule has 0 unspecified atom stereocenters. The van der Waals surface area contributed by atoms with Gasteiger partial charge in [0, 0.05) is 0 Å². The zero-order chi connectivity index (χ0) is 11.0. The van der Waals surface area contributed by atoms with Crippen molar-refractivity contribution in [2.45, 2.75) is 19.5 Å². The number of imidazole rings is 1. The highest BCUT2D eigenvalue weighted by Gasteiger charge is 2.19. The fourth-order valence-electron chi connectivity index (χ4n) is 1.59. The molecule has 0 saturated heterocycles. The molecule has 1 atom stereocenters. The third kappa shape index (κ3) is 1.59. The first-order chi connectivity index (χ1) is 7.11. The molecule has 80 valence electrons. The fourth-order valence-corrected chi connectivity index (χ4v) is 1.59. The van der Waals surface area contributed by atoms with Crippen molar-refractivity contribution in [3.05, 3.63) is 30.1 Å². The van der Waals surface area contributed by atoms with Crippen molar-refractivity contribution >= 4 is 11.0 Å². The third-order valence-corrected chi connectivity index (χ3v) is 2.23. The summed E-state index contributed by atoms with van der Waals surface area (Å²) < 4.78 is 26.5. The third-order valence-electron chi connectivity index (χ3n) is 2.23. The van der Waals surface area contributed by atoms with Gasteiger partial charge in [0.15, 0.2) is 0 Å². The number of nitrogens with two attached hydrogens (primary N) is 1. The zero-order valence-corrected chi connectivity index (χ0v) is 8.19. The van der Waals surface area contributed by atoms with Crippen molar-refractivity contribution in [2.75, 3.05) is 0 Å². The minimum absolute atomic E-state index is 0.214. The predicted octanol–water partition coefficient (Wildman–Crippen LogP) is 2.45. The van der Waals surface area contributed by atoms with Gasteiger partial charge in [0.25, 0.3) is 0 Å². The van der Waals surface area contributed by atoms with Crippen molar-refractivity contribution < 1.29 is 8.78 Å². The van der Waals surface area contributed by atoms with E-state index in [1.165, 1.54) is 0 Å². The summed E-state index contributed by atoms with van der Waals surface area (Å²) in [6, 6.07) is 6.26. The van der Waals surface area contributed by atoms with E-state index in [0.29, 0.717) is 11.0 Å². The van der Waals surface area contributed by atoms with Gasteiger partial charge in [-0.2, -0.15) is 8.78 Å². The summed E-state index contributed by atoms with van der Waals surface area (Å²) in [6.07, 6.45) is 0. The molecule has 0 saturated carbocycles. The maximum Gasteiger partial charge on any atom is 0.320 e. The van der Waals surface area contributed by atoms with E-state index in [9.17, 15) is 8.78 Å². The molecule has 3 nitrogen and oxygen atoms in total. The standard InChI is InChI=1S/C10H11F2N3/c1-6(13)9-14-7-4-2-3-5-8(7)15(9)10(11)12/h2-6,10H,13H2,1H3/t6-/m1/s1. The lowest BCUT2D eigenvalue weighted by atomic mass is 10.3. The molecule has 1 aromatic carbocycles. The topological polar surface area (TPSA) is 43.8 Å². The molecule has 5 heteroatoms. The molecule has 0 bridgehead atoms. The first-order valence-electron chi connectivity index (χ1n) is 4.62. The quantitative estimate of drug-likeness (QED) is 0.829. The minimum atomic E-state index is -2.61. The highest BCUT2D eigenvalue weighted by molar-refractivity contribution is 5.76. The van der Waals surface area contributed by atoms with Gasteiger partial charge in [0.2, 0.25) is 0 Å². The van der Waals surface area contributed by atoms with Gasteiger partial charge in [-0.15, -0.1) is 0 Å². The second kappa shape index (κ2) is 3.58. The number of aromatic nitrogens is 2. The molecule has 0 radical (unpaired) electrons. The first kappa shape index (κ1) is 10.0. The van der Waals surface area contributed by atoms with E-state index in [1.807, 2.05) is 0 Å². The Kier molecular flexibility index (Phi) is 2.40. The molecule has 2 N–H and O–H groups in total. The van der Waals surface area contributed by atoms with Crippen LogP contribution in [0.4, 0.5) is 8.78 Å². The van der Waals surface area contributed by atoms with Crippen LogP contribution in [0.1, 0.15) is 25.3 Å². The van der Waals surface area contributed by atoms with Gasteiger partial charge < -0.3 is 5.73 Å². The number of hydrogen-bond donors (Lipinski definition) is 1. The van der Waals surface area contributed by atoms with Crippen LogP contribution >= 0.6 is 0 Å². The van der Waals surface area contributed by atoms with Crippen LogP contribution in [0.25, 0.3) is 11.0 Å². The Balaban J connectivity index is 2.75. The Morgan fingerprint density at radius 3 is 2.60 bits per heavy atom. The maximum atomic E-state index is 12.8. The Morgan fingerprint density at radius 2 is 2.00 bits per heavy atom. The number of benzene rings is 1. The number of halogens is 2. The Labute approximate surface area is 85.5 Å². The van der Waals surface area contributed by atoms with Gasteiger partial charge in [-0.3, -0.25) is 4.57 Å². The van der Waals surface area contributed by atoms with Crippen LogP contribution in [0.3, 0.4) is 0 Å². The number of fused-ring (bicyclic) bond motifs is 1. The number of alkyl halides is 2. The molecule has 0 aliphatic rings. The fraction of sp³-hybridized carbons (Fsp3) is 0.300. The van der Waals surface area contributed by atoms with Crippen LogP contribution in [0.15, 0.2) is 24.3 Å². The van der Waals surface area contributed by atoms with E-state index in [-0.39, 0.29) is 5.82 Å². The number of para-hydroxylation sites is 2. The van der Waals surface area contributed by atoms with Gasteiger partial charge in [-0.25, -0.2) is 4.98 Å². The van der Waals surface area contributed by atoms with E-state index in [0.717, 1.165) is 4.57 Å². The number of nitrogens with zero attached hydrogens (tertiary/aromatic N) is 2. The summed E-state index contributed by atoms with van der Waals surface area (Å²) in [5, 5.41) is 0. The van der Waals surface area contributed by atoms with Crippen LogP contribution in [0, 0.1) is 0 Å². The van der Waals surface area contributed by atoms with Gasteiger partial charge in [0.05, 0.1) is 17.1 Å². The molecule has 0 spiro atoms. The zero-order valence-electron chi connectivity index (χ0n) is 8.19. The lowest BCUT2D eigenvalue weighted by molar-refractivity contribution is 0.0705. The van der Waals surface area contributed by atoms with Crippen molar-refractivity contribution in [3.8, 4) is 0 Å².